The first-order chi connectivity index (χ1) is 13.0. The lowest BCUT2D eigenvalue weighted by atomic mass is 10.1. The molecule has 0 saturated heterocycles. The summed E-state index contributed by atoms with van der Waals surface area (Å²) >= 11 is 8.02. The maximum Gasteiger partial charge on any atom is 0.220 e. The quantitative estimate of drug-likeness (QED) is 0.595. The van der Waals surface area contributed by atoms with E-state index in [0.29, 0.717) is 13.0 Å². The second kappa shape index (κ2) is 9.31. The van der Waals surface area contributed by atoms with Crippen molar-refractivity contribution < 1.29 is 4.79 Å². The van der Waals surface area contributed by atoms with Crippen LogP contribution < -0.4 is 5.32 Å². The van der Waals surface area contributed by atoms with Gasteiger partial charge in [0.25, 0.3) is 0 Å². The van der Waals surface area contributed by atoms with Crippen molar-refractivity contribution in [1.29, 1.82) is 0 Å². The van der Waals surface area contributed by atoms with Crippen LogP contribution in [-0.4, -0.2) is 36.4 Å². The number of carbonyl (C=O) groups is 1. The second-order valence-electron chi connectivity index (χ2n) is 6.73. The summed E-state index contributed by atoms with van der Waals surface area (Å²) in [5.74, 6) is 0.0648. The van der Waals surface area contributed by atoms with E-state index in [0.717, 1.165) is 34.0 Å². The van der Waals surface area contributed by atoms with E-state index in [1.807, 2.05) is 56.6 Å². The zero-order valence-corrected chi connectivity index (χ0v) is 17.2. The Hall–Kier alpha value is -1.95. The van der Waals surface area contributed by atoms with E-state index in [4.69, 9.17) is 11.6 Å². The van der Waals surface area contributed by atoms with Crippen LogP contribution in [-0.2, 0) is 11.2 Å². The van der Waals surface area contributed by atoms with Gasteiger partial charge < -0.3 is 10.2 Å². The number of aromatic nitrogens is 1. The molecule has 0 fully saturated rings. The topological polar surface area (TPSA) is 45.2 Å². The van der Waals surface area contributed by atoms with E-state index in [1.165, 1.54) is 4.70 Å². The summed E-state index contributed by atoms with van der Waals surface area (Å²) in [7, 11) is 3.99. The molecule has 1 N–H and O–H groups in total. The monoisotopic (exact) mass is 401 g/mol. The van der Waals surface area contributed by atoms with Gasteiger partial charge >= 0.3 is 0 Å². The van der Waals surface area contributed by atoms with Gasteiger partial charge in [0.05, 0.1) is 21.3 Å². The average Bonchev–Trinajstić information content (AvgIpc) is 3.06. The molecule has 1 heterocycles. The number of fused-ring (bicyclic) bond motifs is 1. The largest absolute Gasteiger partial charge is 0.354 e. The van der Waals surface area contributed by atoms with Crippen LogP contribution in [0.1, 0.15) is 29.5 Å². The Kier molecular flexibility index (Phi) is 6.83. The number of hydrogen-bond donors (Lipinski definition) is 1. The number of rotatable bonds is 8. The summed E-state index contributed by atoms with van der Waals surface area (Å²) in [6.07, 6.45) is 2.12. The number of benzene rings is 2. The number of nitrogens with zero attached hydrogens (tertiary/aromatic N) is 2. The zero-order chi connectivity index (χ0) is 19.2. The number of amides is 1. The Morgan fingerprint density at radius 2 is 1.93 bits per heavy atom. The summed E-state index contributed by atoms with van der Waals surface area (Å²) in [6, 6.07) is 16.0. The van der Waals surface area contributed by atoms with Crippen LogP contribution in [0, 0.1) is 0 Å². The molecule has 27 heavy (non-hydrogen) atoms. The zero-order valence-electron chi connectivity index (χ0n) is 15.6. The molecule has 6 heteroatoms. The van der Waals surface area contributed by atoms with Crippen molar-refractivity contribution in [1.82, 2.24) is 15.2 Å². The fraction of sp³-hybridized carbons (Fsp3) is 0.333. The number of nitrogens with one attached hydrogen (secondary N) is 1. The predicted molar refractivity (Wildman–Crippen MR) is 113 cm³/mol. The van der Waals surface area contributed by atoms with Crippen LogP contribution in [0.15, 0.2) is 48.5 Å². The van der Waals surface area contributed by atoms with Gasteiger partial charge in [0.2, 0.25) is 5.91 Å². The molecule has 0 aliphatic heterocycles. The molecule has 142 valence electrons. The first kappa shape index (κ1) is 19.8. The maximum absolute atomic E-state index is 12.3. The maximum atomic E-state index is 12.3. The van der Waals surface area contributed by atoms with E-state index >= 15 is 0 Å². The van der Waals surface area contributed by atoms with Crippen LogP contribution in [0.25, 0.3) is 10.2 Å². The number of aryl methyl sites for hydroxylation is 1. The number of halogens is 1. The summed E-state index contributed by atoms with van der Waals surface area (Å²) in [4.78, 5) is 19.0. The van der Waals surface area contributed by atoms with Crippen molar-refractivity contribution in [2.75, 3.05) is 20.6 Å². The molecular weight excluding hydrogens is 378 g/mol. The Labute approximate surface area is 169 Å². The summed E-state index contributed by atoms with van der Waals surface area (Å²) in [6.45, 7) is 0.538. The second-order valence-corrected chi connectivity index (χ2v) is 8.26. The molecule has 2 aromatic carbocycles. The smallest absolute Gasteiger partial charge is 0.220 e. The third kappa shape index (κ3) is 5.28. The molecule has 1 amide bonds. The van der Waals surface area contributed by atoms with Crippen molar-refractivity contribution in [3.05, 3.63) is 64.1 Å². The standard InChI is InChI=1S/C21H24ClN3OS/c1-25(2)18(15-8-3-4-9-16(15)22)14-23-20(26)12-7-13-21-24-17-10-5-6-11-19(17)27-21/h3-6,8-11,18H,7,12-14H2,1-2H3,(H,23,26). The van der Waals surface area contributed by atoms with Crippen molar-refractivity contribution in [3.8, 4) is 0 Å². The van der Waals surface area contributed by atoms with Gasteiger partial charge in [-0.2, -0.15) is 0 Å². The van der Waals surface area contributed by atoms with Crippen LogP contribution >= 0.6 is 22.9 Å². The SMILES string of the molecule is CN(C)C(CNC(=O)CCCc1nc2ccccc2s1)c1ccccc1Cl. The van der Waals surface area contributed by atoms with Gasteiger partial charge in [-0.25, -0.2) is 4.98 Å². The molecule has 0 radical (unpaired) electrons. The molecule has 0 aliphatic carbocycles. The first-order valence-electron chi connectivity index (χ1n) is 9.06. The van der Waals surface area contributed by atoms with Crippen LogP contribution in [0.5, 0.6) is 0 Å². The normalized spacial score (nSPS) is 12.4. The lowest BCUT2D eigenvalue weighted by Gasteiger charge is -2.26. The lowest BCUT2D eigenvalue weighted by molar-refractivity contribution is -0.121. The van der Waals surface area contributed by atoms with Crippen molar-refractivity contribution in [3.63, 3.8) is 0 Å². The van der Waals surface area contributed by atoms with Gasteiger partial charge in [0.1, 0.15) is 0 Å². The number of hydrogen-bond acceptors (Lipinski definition) is 4. The average molecular weight is 402 g/mol. The highest BCUT2D eigenvalue weighted by molar-refractivity contribution is 7.18. The Morgan fingerprint density at radius 3 is 2.67 bits per heavy atom. The molecule has 0 saturated carbocycles. The Morgan fingerprint density at radius 1 is 1.19 bits per heavy atom. The fourth-order valence-corrected chi connectivity index (χ4v) is 4.31. The highest BCUT2D eigenvalue weighted by Crippen LogP contribution is 2.25. The highest BCUT2D eigenvalue weighted by Gasteiger charge is 2.17. The summed E-state index contributed by atoms with van der Waals surface area (Å²) < 4.78 is 1.20. The van der Waals surface area contributed by atoms with E-state index in [1.54, 1.807) is 11.3 Å². The van der Waals surface area contributed by atoms with Crippen LogP contribution in [0.2, 0.25) is 5.02 Å². The van der Waals surface area contributed by atoms with Crippen molar-refractivity contribution in [2.45, 2.75) is 25.3 Å². The molecule has 0 aliphatic rings. The third-order valence-electron chi connectivity index (χ3n) is 4.51. The lowest BCUT2D eigenvalue weighted by Crippen LogP contribution is -2.34. The molecular formula is C21H24ClN3OS. The van der Waals surface area contributed by atoms with Gasteiger partial charge in [-0.3, -0.25) is 4.79 Å². The van der Waals surface area contributed by atoms with E-state index in [2.05, 4.69) is 21.3 Å². The minimum atomic E-state index is 0.0481. The van der Waals surface area contributed by atoms with Gasteiger partial charge in [0, 0.05) is 18.0 Å². The van der Waals surface area contributed by atoms with Crippen LogP contribution in [0.4, 0.5) is 0 Å². The van der Waals surface area contributed by atoms with Gasteiger partial charge in [0.15, 0.2) is 0 Å². The third-order valence-corrected chi connectivity index (χ3v) is 5.95. The van der Waals surface area contributed by atoms with Crippen molar-refractivity contribution >= 4 is 39.1 Å². The molecule has 1 unspecified atom stereocenters. The number of carbonyl (C=O) groups excluding carboxylic acids is 1. The fourth-order valence-electron chi connectivity index (χ4n) is 3.04. The highest BCUT2D eigenvalue weighted by atomic mass is 35.5. The molecule has 4 nitrogen and oxygen atoms in total. The number of likely N-dealkylation sites (N-methyl/N-ethyl adjacent to an activating group) is 1. The number of thiazole rings is 1. The van der Waals surface area contributed by atoms with E-state index in [9.17, 15) is 4.79 Å². The Balaban J connectivity index is 1.49. The van der Waals surface area contributed by atoms with E-state index < -0.39 is 0 Å². The molecule has 3 rings (SSSR count). The van der Waals surface area contributed by atoms with Gasteiger partial charge in [-0.1, -0.05) is 41.9 Å². The molecule has 0 bridgehead atoms. The molecule has 1 aromatic heterocycles. The summed E-state index contributed by atoms with van der Waals surface area (Å²) in [5, 5.41) is 4.86. The molecule has 0 spiro atoms. The first-order valence-corrected chi connectivity index (χ1v) is 10.3. The number of para-hydroxylation sites is 1. The van der Waals surface area contributed by atoms with Crippen LogP contribution in [0.3, 0.4) is 0 Å². The van der Waals surface area contributed by atoms with Gasteiger partial charge in [-0.15, -0.1) is 11.3 Å². The van der Waals surface area contributed by atoms with E-state index in [-0.39, 0.29) is 11.9 Å². The summed E-state index contributed by atoms with van der Waals surface area (Å²) in [5.41, 5.74) is 2.06. The molecule has 3 aromatic rings. The van der Waals surface area contributed by atoms with Crippen molar-refractivity contribution in [2.24, 2.45) is 0 Å². The minimum absolute atomic E-state index is 0.0481. The predicted octanol–water partition coefficient (Wildman–Crippen LogP) is 4.69. The minimum Gasteiger partial charge on any atom is -0.354 e. The Bertz CT molecular complexity index is 876. The van der Waals surface area contributed by atoms with Gasteiger partial charge in [-0.05, 0) is 50.7 Å². The molecule has 1 atom stereocenters.